The molecule has 348 valence electrons. The maximum atomic E-state index is 12.8. The molecule has 0 heterocycles. The van der Waals surface area contributed by atoms with Crippen molar-refractivity contribution in [3.8, 4) is 0 Å². The Morgan fingerprint density at radius 2 is 0.763 bits per heavy atom. The van der Waals surface area contributed by atoms with Crippen LogP contribution >= 0.6 is 0 Å². The standard InChI is InChI=1S/C50H96N2O7/c1-3-5-7-9-11-13-14-15-16-17-18-19-20-21-22-23-24-25-26-27-29-34-38-42-49(56)59-45(39-35-31-28-12-10-8-6-4-2)40-36-32-30-33-37-41-47(54)51-43-48(55)52-46(44-53)50(57)58/h45-46,53H,3-44H2,1-2H3,(H,51,54)(H,52,55)(H,57,58). The fourth-order valence-electron chi connectivity index (χ4n) is 7.95. The van der Waals surface area contributed by atoms with E-state index >= 15 is 0 Å². The smallest absolute Gasteiger partial charge is 0.328 e. The van der Waals surface area contributed by atoms with Gasteiger partial charge in [-0.1, -0.05) is 219 Å². The summed E-state index contributed by atoms with van der Waals surface area (Å²) in [6.45, 7) is 3.51. The first-order chi connectivity index (χ1) is 28.8. The van der Waals surface area contributed by atoms with Crippen molar-refractivity contribution < 1.29 is 34.1 Å². The Kier molecular flexibility index (Phi) is 43.7. The van der Waals surface area contributed by atoms with Crippen LogP contribution in [0.15, 0.2) is 0 Å². The number of aliphatic hydroxyl groups excluding tert-OH is 1. The number of rotatable bonds is 47. The number of carbonyl (C=O) groups is 4. The Hall–Kier alpha value is -2.16. The number of hydrogen-bond acceptors (Lipinski definition) is 6. The molecule has 2 amide bonds. The summed E-state index contributed by atoms with van der Waals surface area (Å²) in [4.78, 5) is 47.6. The number of carboxylic acids is 1. The van der Waals surface area contributed by atoms with Gasteiger partial charge in [0.25, 0.3) is 0 Å². The average Bonchev–Trinajstić information content (AvgIpc) is 3.22. The molecule has 9 heteroatoms. The van der Waals surface area contributed by atoms with E-state index < -0.39 is 24.5 Å². The van der Waals surface area contributed by atoms with E-state index in [0.29, 0.717) is 19.3 Å². The number of unbranched alkanes of at least 4 members (excludes halogenated alkanes) is 33. The minimum atomic E-state index is -1.38. The fourth-order valence-corrected chi connectivity index (χ4v) is 7.95. The number of carboxylic acid groups (broad SMARTS) is 1. The van der Waals surface area contributed by atoms with Crippen molar-refractivity contribution >= 4 is 23.8 Å². The molecule has 4 N–H and O–H groups in total. The van der Waals surface area contributed by atoms with Crippen LogP contribution in [0, 0.1) is 0 Å². The monoisotopic (exact) mass is 837 g/mol. The van der Waals surface area contributed by atoms with Crippen LogP contribution in [0.2, 0.25) is 0 Å². The Balaban J connectivity index is 4.00. The maximum absolute atomic E-state index is 12.8. The average molecular weight is 837 g/mol. The zero-order valence-electron chi connectivity index (χ0n) is 38.8. The summed E-state index contributed by atoms with van der Waals surface area (Å²) in [5.74, 6) is -2.27. The van der Waals surface area contributed by atoms with Gasteiger partial charge in [0.15, 0.2) is 0 Å². The summed E-state index contributed by atoms with van der Waals surface area (Å²) in [5, 5.41) is 22.6. The molecule has 2 unspecified atom stereocenters. The molecule has 0 radical (unpaired) electrons. The minimum absolute atomic E-state index is 0.00406. The molecule has 0 aromatic carbocycles. The van der Waals surface area contributed by atoms with Gasteiger partial charge in [0.2, 0.25) is 11.8 Å². The Morgan fingerprint density at radius 3 is 1.10 bits per heavy atom. The van der Waals surface area contributed by atoms with E-state index in [2.05, 4.69) is 24.5 Å². The van der Waals surface area contributed by atoms with E-state index in [-0.39, 0.29) is 24.5 Å². The molecule has 0 saturated carbocycles. The van der Waals surface area contributed by atoms with Crippen LogP contribution in [-0.2, 0) is 23.9 Å². The predicted molar refractivity (Wildman–Crippen MR) is 246 cm³/mol. The summed E-state index contributed by atoms with van der Waals surface area (Å²) < 4.78 is 6.04. The lowest BCUT2D eigenvalue weighted by molar-refractivity contribution is -0.150. The molecular formula is C50H96N2O7. The molecule has 59 heavy (non-hydrogen) atoms. The van der Waals surface area contributed by atoms with Gasteiger partial charge < -0.3 is 25.6 Å². The van der Waals surface area contributed by atoms with Gasteiger partial charge in [0.1, 0.15) is 12.1 Å². The van der Waals surface area contributed by atoms with Crippen LogP contribution < -0.4 is 10.6 Å². The van der Waals surface area contributed by atoms with Crippen LogP contribution in [0.3, 0.4) is 0 Å². The normalized spacial score (nSPS) is 12.3. The zero-order valence-corrected chi connectivity index (χ0v) is 38.8. The van der Waals surface area contributed by atoms with E-state index in [9.17, 15) is 19.2 Å². The highest BCUT2D eigenvalue weighted by Gasteiger charge is 2.19. The first-order valence-electron chi connectivity index (χ1n) is 25.4. The lowest BCUT2D eigenvalue weighted by Crippen LogP contribution is -2.47. The number of aliphatic hydroxyl groups is 1. The van der Waals surface area contributed by atoms with Gasteiger partial charge >= 0.3 is 11.9 Å². The number of nitrogens with one attached hydrogen (secondary N) is 2. The van der Waals surface area contributed by atoms with Gasteiger partial charge in [-0.3, -0.25) is 14.4 Å². The molecule has 0 aliphatic heterocycles. The highest BCUT2D eigenvalue weighted by molar-refractivity contribution is 5.87. The molecule has 0 rings (SSSR count). The van der Waals surface area contributed by atoms with Crippen molar-refractivity contribution in [2.45, 2.75) is 283 Å². The highest BCUT2D eigenvalue weighted by Crippen LogP contribution is 2.20. The lowest BCUT2D eigenvalue weighted by atomic mass is 10.0. The Morgan fingerprint density at radius 1 is 0.441 bits per heavy atom. The third-order valence-electron chi connectivity index (χ3n) is 11.9. The third kappa shape index (κ3) is 42.3. The summed E-state index contributed by atoms with van der Waals surface area (Å²) in [6, 6.07) is -1.38. The third-order valence-corrected chi connectivity index (χ3v) is 11.9. The van der Waals surface area contributed by atoms with E-state index in [1.807, 2.05) is 0 Å². The van der Waals surface area contributed by atoms with Crippen molar-refractivity contribution in [3.63, 3.8) is 0 Å². The second-order valence-electron chi connectivity index (χ2n) is 17.6. The van der Waals surface area contributed by atoms with Crippen LogP contribution in [0.5, 0.6) is 0 Å². The van der Waals surface area contributed by atoms with Crippen LogP contribution in [0.25, 0.3) is 0 Å². The van der Waals surface area contributed by atoms with Gasteiger partial charge in [-0.2, -0.15) is 0 Å². The van der Waals surface area contributed by atoms with Crippen LogP contribution in [0.1, 0.15) is 271 Å². The molecule has 0 fully saturated rings. The van der Waals surface area contributed by atoms with Crippen LogP contribution in [-0.4, -0.2) is 59.3 Å². The van der Waals surface area contributed by atoms with Crippen molar-refractivity contribution in [3.05, 3.63) is 0 Å². The lowest BCUT2D eigenvalue weighted by Gasteiger charge is -2.18. The summed E-state index contributed by atoms with van der Waals surface area (Å²) in [6.07, 6.45) is 48.7. The molecule has 2 atom stereocenters. The SMILES string of the molecule is CCCCCCCCCCCCCCCCCCCCCCCCCC(=O)OC(CCCCCCCCCC)CCCCCCCC(=O)NCC(=O)NC(CO)C(=O)O. The van der Waals surface area contributed by atoms with Gasteiger partial charge in [-0.05, 0) is 38.5 Å². The summed E-state index contributed by atoms with van der Waals surface area (Å²) in [5.41, 5.74) is 0. The number of carbonyl (C=O) groups excluding carboxylic acids is 3. The Bertz CT molecular complexity index is 962. The van der Waals surface area contributed by atoms with E-state index in [1.165, 1.54) is 180 Å². The van der Waals surface area contributed by atoms with Gasteiger partial charge in [-0.15, -0.1) is 0 Å². The number of hydrogen-bond donors (Lipinski definition) is 4. The number of ether oxygens (including phenoxy) is 1. The first kappa shape index (κ1) is 56.8. The largest absolute Gasteiger partial charge is 0.480 e. The first-order valence-corrected chi connectivity index (χ1v) is 25.4. The second-order valence-corrected chi connectivity index (χ2v) is 17.6. The summed E-state index contributed by atoms with van der Waals surface area (Å²) >= 11 is 0. The molecule has 0 aromatic rings. The molecule has 0 saturated heterocycles. The molecule has 0 aliphatic carbocycles. The molecule has 9 nitrogen and oxygen atoms in total. The minimum Gasteiger partial charge on any atom is -0.480 e. The van der Waals surface area contributed by atoms with E-state index in [1.54, 1.807) is 0 Å². The van der Waals surface area contributed by atoms with E-state index in [0.717, 1.165) is 57.8 Å². The second kappa shape index (κ2) is 45.4. The number of esters is 1. The van der Waals surface area contributed by atoms with Crippen LogP contribution in [0.4, 0.5) is 0 Å². The quantitative estimate of drug-likeness (QED) is 0.0353. The zero-order chi connectivity index (χ0) is 43.3. The molecule has 0 aliphatic rings. The highest BCUT2D eigenvalue weighted by atomic mass is 16.5. The number of aliphatic carboxylic acids is 1. The van der Waals surface area contributed by atoms with Crippen molar-refractivity contribution in [1.82, 2.24) is 10.6 Å². The van der Waals surface area contributed by atoms with Crippen molar-refractivity contribution in [1.29, 1.82) is 0 Å². The molecule has 0 bridgehead atoms. The number of amides is 2. The van der Waals surface area contributed by atoms with Crippen molar-refractivity contribution in [2.24, 2.45) is 0 Å². The molecule has 0 aromatic heterocycles. The van der Waals surface area contributed by atoms with E-state index in [4.69, 9.17) is 14.9 Å². The topological polar surface area (TPSA) is 142 Å². The van der Waals surface area contributed by atoms with Gasteiger partial charge in [0.05, 0.1) is 13.2 Å². The Labute approximate surface area is 363 Å². The van der Waals surface area contributed by atoms with Crippen molar-refractivity contribution in [2.75, 3.05) is 13.2 Å². The molecule has 0 spiro atoms. The fraction of sp³-hybridized carbons (Fsp3) is 0.920. The van der Waals surface area contributed by atoms with Gasteiger partial charge in [-0.25, -0.2) is 4.79 Å². The predicted octanol–water partition coefficient (Wildman–Crippen LogP) is 13.2. The summed E-state index contributed by atoms with van der Waals surface area (Å²) in [7, 11) is 0. The van der Waals surface area contributed by atoms with Gasteiger partial charge in [0, 0.05) is 12.8 Å². The molecular weight excluding hydrogens is 741 g/mol. The maximum Gasteiger partial charge on any atom is 0.328 e.